The first kappa shape index (κ1) is 7.84. The van der Waals surface area contributed by atoms with Crippen molar-refractivity contribution in [3.63, 3.8) is 0 Å². The summed E-state index contributed by atoms with van der Waals surface area (Å²) in [6.07, 6.45) is 3.65. The van der Waals surface area contributed by atoms with Crippen molar-refractivity contribution in [3.8, 4) is 0 Å². The molecule has 0 aliphatic carbocycles. The molecule has 0 amide bonds. The van der Waals surface area contributed by atoms with Crippen molar-refractivity contribution in [1.29, 1.82) is 0 Å². The molecule has 11 heavy (non-hydrogen) atoms. The number of hydrogen-bond donors (Lipinski definition) is 1. The van der Waals surface area contributed by atoms with Gasteiger partial charge < -0.3 is 5.32 Å². The van der Waals surface area contributed by atoms with E-state index in [0.29, 0.717) is 4.17 Å². The van der Waals surface area contributed by atoms with Crippen LogP contribution in [0.15, 0.2) is 18.5 Å². The Kier molecular flexibility index (Phi) is 2.08. The lowest BCUT2D eigenvalue weighted by atomic mass is 10.4. The second kappa shape index (κ2) is 2.92. The van der Waals surface area contributed by atoms with E-state index in [0.717, 1.165) is 5.69 Å². The number of alkyl halides is 1. The van der Waals surface area contributed by atoms with Crippen LogP contribution in [0.25, 0.3) is 0 Å². The molecule has 0 saturated heterocycles. The van der Waals surface area contributed by atoms with Gasteiger partial charge in [0.15, 0.2) is 4.17 Å². The third kappa shape index (κ3) is 1.28. The molecule has 0 fully saturated rings. The largest absolute Gasteiger partial charge is 0.353 e. The van der Waals surface area contributed by atoms with Crippen LogP contribution in [0.1, 0.15) is 0 Å². The second-order valence-corrected chi connectivity index (χ2v) is 4.40. The summed E-state index contributed by atoms with van der Waals surface area (Å²) in [4.78, 5) is 4.03. The summed E-state index contributed by atoms with van der Waals surface area (Å²) in [6, 6.07) is 2.01. The second-order valence-electron chi connectivity index (χ2n) is 2.18. The summed E-state index contributed by atoms with van der Waals surface area (Å²) in [5.41, 5.74) is 2.32. The van der Waals surface area contributed by atoms with Crippen LogP contribution >= 0.6 is 45.5 Å². The molecule has 0 bridgehead atoms. The fraction of sp³-hybridized carbons (Fsp3) is 0.167. The predicted molar refractivity (Wildman–Crippen MR) is 62.2 cm³/mol. The molecule has 1 aliphatic heterocycles. The van der Waals surface area contributed by atoms with Crippen LogP contribution < -0.4 is 8.43 Å². The van der Waals surface area contributed by atoms with Crippen LogP contribution in [-0.4, -0.2) is 9.16 Å². The molecule has 1 N–H and O–H groups in total. The van der Waals surface area contributed by atoms with Crippen molar-refractivity contribution in [2.75, 3.05) is 8.43 Å². The first-order chi connectivity index (χ1) is 5.29. The SMILES string of the molecule is IC1Nc2cnccc2N1I. The quantitative estimate of drug-likeness (QED) is 0.328. The maximum Gasteiger partial charge on any atom is 0.161 e. The van der Waals surface area contributed by atoms with Crippen LogP contribution in [-0.2, 0) is 0 Å². The Labute approximate surface area is 92.2 Å². The third-order valence-corrected chi connectivity index (χ3v) is 4.51. The summed E-state index contributed by atoms with van der Waals surface area (Å²) in [6.45, 7) is 0. The zero-order chi connectivity index (χ0) is 7.84. The van der Waals surface area contributed by atoms with Crippen molar-refractivity contribution in [2.45, 2.75) is 4.17 Å². The van der Waals surface area contributed by atoms with Crippen molar-refractivity contribution >= 4 is 56.8 Å². The van der Waals surface area contributed by atoms with Gasteiger partial charge in [0.1, 0.15) is 0 Å². The van der Waals surface area contributed by atoms with Crippen LogP contribution in [0.5, 0.6) is 0 Å². The zero-order valence-electron chi connectivity index (χ0n) is 5.46. The summed E-state index contributed by atoms with van der Waals surface area (Å²) in [5.74, 6) is 0. The molecule has 1 aromatic rings. The number of hydrogen-bond acceptors (Lipinski definition) is 3. The first-order valence-electron chi connectivity index (χ1n) is 3.08. The van der Waals surface area contributed by atoms with E-state index in [-0.39, 0.29) is 0 Å². The molecule has 0 aromatic carbocycles. The van der Waals surface area contributed by atoms with Crippen molar-refractivity contribution < 1.29 is 0 Å². The topological polar surface area (TPSA) is 28.2 Å². The van der Waals surface area contributed by atoms with E-state index < -0.39 is 0 Å². The van der Waals surface area contributed by atoms with Crippen LogP contribution in [0.2, 0.25) is 0 Å². The Morgan fingerprint density at radius 3 is 3.18 bits per heavy atom. The molecular formula is C6H5I2N3. The normalized spacial score (nSPS) is 21.3. The fourth-order valence-electron chi connectivity index (χ4n) is 0.992. The number of anilines is 2. The Morgan fingerprint density at radius 1 is 1.64 bits per heavy atom. The zero-order valence-corrected chi connectivity index (χ0v) is 9.77. The number of halogens is 2. The maximum absolute atomic E-state index is 4.03. The summed E-state index contributed by atoms with van der Waals surface area (Å²) in [5, 5.41) is 3.29. The highest BCUT2D eigenvalue weighted by atomic mass is 127. The van der Waals surface area contributed by atoms with Gasteiger partial charge in [-0.25, -0.2) is 0 Å². The minimum absolute atomic E-state index is 0.340. The lowest BCUT2D eigenvalue weighted by molar-refractivity contribution is 1.19. The number of nitrogens with one attached hydrogen (secondary N) is 1. The Bertz CT molecular complexity index is 278. The first-order valence-corrected chi connectivity index (χ1v) is 5.30. The van der Waals surface area contributed by atoms with E-state index in [1.807, 2.05) is 12.3 Å². The molecule has 1 aliphatic rings. The number of nitrogens with zero attached hydrogens (tertiary/aromatic N) is 2. The average Bonchev–Trinajstić information content (AvgIpc) is 2.30. The molecule has 1 aromatic heterocycles. The Morgan fingerprint density at radius 2 is 2.45 bits per heavy atom. The number of rotatable bonds is 0. The van der Waals surface area contributed by atoms with E-state index in [9.17, 15) is 0 Å². The minimum Gasteiger partial charge on any atom is -0.353 e. The standard InChI is InChI=1S/C6H5I2N3/c7-6-10-4-3-9-2-1-5(4)11(6)8/h1-3,6,10H. The Balaban J connectivity index is 2.47. The maximum atomic E-state index is 4.03. The van der Waals surface area contributed by atoms with Gasteiger partial charge in [-0.1, -0.05) is 0 Å². The van der Waals surface area contributed by atoms with E-state index in [2.05, 4.69) is 58.9 Å². The third-order valence-electron chi connectivity index (χ3n) is 1.50. The molecule has 2 rings (SSSR count). The van der Waals surface area contributed by atoms with Gasteiger partial charge in [0.2, 0.25) is 0 Å². The van der Waals surface area contributed by atoms with Crippen LogP contribution in [0.4, 0.5) is 11.4 Å². The number of fused-ring (bicyclic) bond motifs is 1. The molecule has 0 spiro atoms. The average molecular weight is 373 g/mol. The molecule has 0 radical (unpaired) electrons. The monoisotopic (exact) mass is 373 g/mol. The van der Waals surface area contributed by atoms with Gasteiger partial charge in [0.05, 0.1) is 40.4 Å². The van der Waals surface area contributed by atoms with Crippen molar-refractivity contribution in [2.24, 2.45) is 0 Å². The van der Waals surface area contributed by atoms with Gasteiger partial charge in [-0.3, -0.25) is 8.10 Å². The van der Waals surface area contributed by atoms with Gasteiger partial charge >= 0.3 is 0 Å². The Hall–Kier alpha value is 0.210. The highest BCUT2D eigenvalue weighted by Gasteiger charge is 2.23. The van der Waals surface area contributed by atoms with Crippen molar-refractivity contribution in [3.05, 3.63) is 18.5 Å². The molecule has 1 unspecified atom stereocenters. The highest BCUT2D eigenvalue weighted by molar-refractivity contribution is 14.1. The summed E-state index contributed by atoms with van der Waals surface area (Å²) in [7, 11) is 0. The predicted octanol–water partition coefficient (Wildman–Crippen LogP) is 2.38. The van der Waals surface area contributed by atoms with E-state index in [4.69, 9.17) is 0 Å². The number of aromatic nitrogens is 1. The molecule has 1 atom stereocenters. The minimum atomic E-state index is 0.340. The molecule has 2 heterocycles. The van der Waals surface area contributed by atoms with Crippen LogP contribution in [0, 0.1) is 0 Å². The van der Waals surface area contributed by atoms with E-state index in [1.54, 1.807) is 6.20 Å². The van der Waals surface area contributed by atoms with Gasteiger partial charge in [0.25, 0.3) is 0 Å². The lowest BCUT2D eigenvalue weighted by Gasteiger charge is -2.11. The smallest absolute Gasteiger partial charge is 0.161 e. The van der Waals surface area contributed by atoms with Crippen LogP contribution in [0.3, 0.4) is 0 Å². The fourth-order valence-corrected chi connectivity index (χ4v) is 2.19. The van der Waals surface area contributed by atoms with E-state index in [1.165, 1.54) is 5.69 Å². The lowest BCUT2D eigenvalue weighted by Crippen LogP contribution is -2.19. The van der Waals surface area contributed by atoms with Gasteiger partial charge in [-0.2, -0.15) is 0 Å². The molecular weight excluding hydrogens is 368 g/mol. The molecule has 3 nitrogen and oxygen atoms in total. The molecule has 58 valence electrons. The van der Waals surface area contributed by atoms with Gasteiger partial charge in [0, 0.05) is 6.20 Å². The molecule has 5 heteroatoms. The number of pyridine rings is 1. The molecule has 0 saturated carbocycles. The summed E-state index contributed by atoms with van der Waals surface area (Å²) >= 11 is 4.62. The highest BCUT2D eigenvalue weighted by Crippen LogP contribution is 2.37. The van der Waals surface area contributed by atoms with Gasteiger partial charge in [-0.05, 0) is 28.7 Å². The van der Waals surface area contributed by atoms with Gasteiger partial charge in [-0.15, -0.1) is 0 Å². The van der Waals surface area contributed by atoms with Crippen molar-refractivity contribution in [1.82, 2.24) is 4.98 Å². The van der Waals surface area contributed by atoms with E-state index >= 15 is 0 Å². The summed E-state index contributed by atoms with van der Waals surface area (Å²) < 4.78 is 2.49.